The lowest BCUT2D eigenvalue weighted by molar-refractivity contribution is 0.321. The first-order valence-electron chi connectivity index (χ1n) is 3.48. The second-order valence-electron chi connectivity index (χ2n) is 2.23. The molecule has 1 aromatic rings. The van der Waals surface area contributed by atoms with Gasteiger partial charge in [0.15, 0.2) is 11.6 Å². The van der Waals surface area contributed by atoms with Gasteiger partial charge in [0.2, 0.25) is 0 Å². The van der Waals surface area contributed by atoms with Crippen molar-refractivity contribution < 1.29 is 13.5 Å². The van der Waals surface area contributed by atoms with Gasteiger partial charge in [-0.05, 0) is 22.0 Å². The van der Waals surface area contributed by atoms with Crippen LogP contribution in [0.5, 0.6) is 5.75 Å². The van der Waals surface area contributed by atoms with Gasteiger partial charge in [-0.15, -0.1) is 11.6 Å². The normalized spacial score (nSPS) is 10.2. The minimum absolute atomic E-state index is 0.0724. The van der Waals surface area contributed by atoms with Crippen molar-refractivity contribution in [3.63, 3.8) is 0 Å². The van der Waals surface area contributed by atoms with E-state index in [-0.39, 0.29) is 22.7 Å². The molecular weight excluding hydrogens is 265 g/mol. The summed E-state index contributed by atoms with van der Waals surface area (Å²) in [6.07, 6.45) is 0. The first-order chi connectivity index (χ1) is 6.15. The van der Waals surface area contributed by atoms with Crippen LogP contribution >= 0.6 is 27.5 Å². The molecule has 0 spiro atoms. The van der Waals surface area contributed by atoms with Gasteiger partial charge in [0.1, 0.15) is 12.4 Å². The molecule has 0 bridgehead atoms. The van der Waals surface area contributed by atoms with E-state index in [1.807, 2.05) is 0 Å². The van der Waals surface area contributed by atoms with Crippen molar-refractivity contribution in [2.75, 3.05) is 12.5 Å². The molecular formula is C8H6BrClF2O. The van der Waals surface area contributed by atoms with E-state index in [1.54, 1.807) is 0 Å². The second kappa shape index (κ2) is 4.77. The molecule has 0 aromatic heterocycles. The van der Waals surface area contributed by atoms with Crippen LogP contribution in [0.15, 0.2) is 16.6 Å². The van der Waals surface area contributed by atoms with Crippen molar-refractivity contribution in [1.29, 1.82) is 0 Å². The summed E-state index contributed by atoms with van der Waals surface area (Å²) < 4.78 is 30.8. The zero-order chi connectivity index (χ0) is 9.84. The predicted molar refractivity (Wildman–Crippen MR) is 50.3 cm³/mol. The van der Waals surface area contributed by atoms with Gasteiger partial charge in [-0.25, -0.2) is 8.78 Å². The van der Waals surface area contributed by atoms with E-state index in [9.17, 15) is 8.78 Å². The summed E-state index contributed by atoms with van der Waals surface area (Å²) in [6, 6.07) is 1.99. The zero-order valence-corrected chi connectivity index (χ0v) is 8.83. The molecule has 5 heteroatoms. The largest absolute Gasteiger partial charge is 0.489 e. The average molecular weight is 271 g/mol. The minimum atomic E-state index is -0.613. The molecule has 1 rings (SSSR count). The smallest absolute Gasteiger partial charge is 0.166 e. The Balaban J connectivity index is 2.88. The average Bonchev–Trinajstić information content (AvgIpc) is 2.09. The van der Waals surface area contributed by atoms with Gasteiger partial charge in [-0.3, -0.25) is 0 Å². The quantitative estimate of drug-likeness (QED) is 0.605. The van der Waals surface area contributed by atoms with E-state index in [0.717, 1.165) is 12.1 Å². The monoisotopic (exact) mass is 270 g/mol. The fraction of sp³-hybridized carbons (Fsp3) is 0.250. The highest BCUT2D eigenvalue weighted by atomic mass is 79.9. The Hall–Kier alpha value is -0.350. The van der Waals surface area contributed by atoms with Crippen molar-refractivity contribution in [3.05, 3.63) is 28.2 Å². The number of rotatable bonds is 3. The lowest BCUT2D eigenvalue weighted by Gasteiger charge is -2.05. The van der Waals surface area contributed by atoms with E-state index >= 15 is 0 Å². The molecule has 0 radical (unpaired) electrons. The Morgan fingerprint density at radius 3 is 2.62 bits per heavy atom. The van der Waals surface area contributed by atoms with Crippen LogP contribution in [0.2, 0.25) is 0 Å². The third-order valence-corrected chi connectivity index (χ3v) is 2.07. The highest BCUT2D eigenvalue weighted by molar-refractivity contribution is 9.10. The third-order valence-electron chi connectivity index (χ3n) is 1.31. The Bertz CT molecular complexity index is 306. The maximum absolute atomic E-state index is 13.0. The molecule has 0 amide bonds. The summed E-state index contributed by atoms with van der Waals surface area (Å²) in [4.78, 5) is 0. The third kappa shape index (κ3) is 2.81. The number of alkyl halides is 1. The highest BCUT2D eigenvalue weighted by Crippen LogP contribution is 2.24. The van der Waals surface area contributed by atoms with Crippen LogP contribution in [-0.2, 0) is 0 Å². The summed E-state index contributed by atoms with van der Waals surface area (Å²) >= 11 is 8.18. The molecule has 0 unspecified atom stereocenters. The molecule has 0 aliphatic rings. The molecule has 0 N–H and O–H groups in total. The lowest BCUT2D eigenvalue weighted by atomic mass is 10.3. The maximum Gasteiger partial charge on any atom is 0.166 e. The minimum Gasteiger partial charge on any atom is -0.489 e. The Morgan fingerprint density at radius 1 is 1.31 bits per heavy atom. The number of ether oxygens (including phenoxy) is 1. The van der Waals surface area contributed by atoms with Crippen LogP contribution in [0.1, 0.15) is 0 Å². The molecule has 0 atom stereocenters. The number of hydrogen-bond acceptors (Lipinski definition) is 1. The lowest BCUT2D eigenvalue weighted by Crippen LogP contribution is -2.00. The first kappa shape index (κ1) is 10.7. The van der Waals surface area contributed by atoms with Gasteiger partial charge in [0.25, 0.3) is 0 Å². The number of halogens is 4. The molecule has 0 fully saturated rings. The Kier molecular flexibility index (Phi) is 3.93. The molecule has 0 heterocycles. The summed E-state index contributed by atoms with van der Waals surface area (Å²) in [6.45, 7) is 0.152. The van der Waals surface area contributed by atoms with Crippen LogP contribution in [0.3, 0.4) is 0 Å². The second-order valence-corrected chi connectivity index (χ2v) is 3.47. The molecule has 1 aromatic carbocycles. The van der Waals surface area contributed by atoms with Crippen LogP contribution < -0.4 is 4.74 Å². The molecule has 1 nitrogen and oxygen atoms in total. The number of hydrogen-bond donors (Lipinski definition) is 0. The molecule has 0 aliphatic heterocycles. The van der Waals surface area contributed by atoms with Gasteiger partial charge in [-0.2, -0.15) is 0 Å². The molecule has 13 heavy (non-hydrogen) atoms. The van der Waals surface area contributed by atoms with E-state index < -0.39 is 11.6 Å². The summed E-state index contributed by atoms with van der Waals surface area (Å²) in [7, 11) is 0. The molecule has 72 valence electrons. The van der Waals surface area contributed by atoms with E-state index in [1.165, 1.54) is 0 Å². The van der Waals surface area contributed by atoms with Gasteiger partial charge in [-0.1, -0.05) is 0 Å². The Morgan fingerprint density at radius 2 is 2.00 bits per heavy atom. The summed E-state index contributed by atoms with van der Waals surface area (Å²) in [5.74, 6) is -1.07. The SMILES string of the molecule is Fc1cc(OCCCl)c(F)cc1Br. The topological polar surface area (TPSA) is 9.23 Å². The van der Waals surface area contributed by atoms with Gasteiger partial charge in [0, 0.05) is 6.07 Å². The van der Waals surface area contributed by atoms with Crippen molar-refractivity contribution in [1.82, 2.24) is 0 Å². The van der Waals surface area contributed by atoms with Crippen molar-refractivity contribution in [2.45, 2.75) is 0 Å². The first-order valence-corrected chi connectivity index (χ1v) is 4.81. The standard InChI is InChI=1S/C8H6BrClF2O/c9-5-3-7(12)8(4-6(5)11)13-2-1-10/h3-4H,1-2H2. The van der Waals surface area contributed by atoms with Crippen LogP contribution in [0.4, 0.5) is 8.78 Å². The van der Waals surface area contributed by atoms with Crippen LogP contribution in [0.25, 0.3) is 0 Å². The molecule has 0 saturated carbocycles. The van der Waals surface area contributed by atoms with E-state index in [4.69, 9.17) is 16.3 Å². The van der Waals surface area contributed by atoms with Crippen LogP contribution in [0, 0.1) is 11.6 Å². The zero-order valence-electron chi connectivity index (χ0n) is 6.49. The predicted octanol–water partition coefficient (Wildman–Crippen LogP) is 3.34. The number of benzene rings is 1. The Labute approximate surface area is 87.8 Å². The molecule has 0 aliphatic carbocycles. The fourth-order valence-electron chi connectivity index (χ4n) is 0.763. The van der Waals surface area contributed by atoms with Gasteiger partial charge < -0.3 is 4.74 Å². The van der Waals surface area contributed by atoms with E-state index in [0.29, 0.717) is 0 Å². The summed E-state index contributed by atoms with van der Waals surface area (Å²) in [5.41, 5.74) is 0. The van der Waals surface area contributed by atoms with Gasteiger partial charge >= 0.3 is 0 Å². The van der Waals surface area contributed by atoms with Gasteiger partial charge in [0.05, 0.1) is 10.4 Å². The van der Waals surface area contributed by atoms with Crippen molar-refractivity contribution in [3.8, 4) is 5.75 Å². The maximum atomic E-state index is 13.0. The summed E-state index contributed by atoms with van der Waals surface area (Å²) in [5, 5.41) is 0. The highest BCUT2D eigenvalue weighted by Gasteiger charge is 2.08. The van der Waals surface area contributed by atoms with Crippen molar-refractivity contribution in [2.24, 2.45) is 0 Å². The van der Waals surface area contributed by atoms with Crippen LogP contribution in [-0.4, -0.2) is 12.5 Å². The molecule has 0 saturated heterocycles. The van der Waals surface area contributed by atoms with Crippen molar-refractivity contribution >= 4 is 27.5 Å². The fourth-order valence-corrected chi connectivity index (χ4v) is 1.16. The van der Waals surface area contributed by atoms with E-state index in [2.05, 4.69) is 15.9 Å².